The van der Waals surface area contributed by atoms with Gasteiger partial charge in [-0.15, -0.1) is 10.2 Å². The second kappa shape index (κ2) is 3.41. The summed E-state index contributed by atoms with van der Waals surface area (Å²) in [6, 6.07) is 0. The molecule has 1 aliphatic rings. The number of aryl methyl sites for hydroxylation is 1. The van der Waals surface area contributed by atoms with Crippen molar-refractivity contribution in [3.8, 4) is 11.7 Å². The topological polar surface area (TPSA) is 68.8 Å². The van der Waals surface area contributed by atoms with Gasteiger partial charge >= 0.3 is 0 Å². The molecule has 6 nitrogen and oxygen atoms in total. The van der Waals surface area contributed by atoms with Crippen molar-refractivity contribution in [3.05, 3.63) is 17.3 Å². The number of nitrogens with one attached hydrogen (secondary N) is 1. The minimum atomic E-state index is 0.508. The quantitative estimate of drug-likeness (QED) is 0.811. The van der Waals surface area contributed by atoms with Crippen molar-refractivity contribution < 1.29 is 4.42 Å². The van der Waals surface area contributed by atoms with Gasteiger partial charge in [-0.1, -0.05) is 0 Å². The molecule has 84 valence electrons. The average molecular weight is 219 g/mol. The van der Waals surface area contributed by atoms with E-state index in [1.165, 1.54) is 5.69 Å². The molecule has 0 saturated carbocycles. The van der Waals surface area contributed by atoms with Crippen LogP contribution in [0.2, 0.25) is 0 Å². The third-order valence-electron chi connectivity index (χ3n) is 2.77. The highest BCUT2D eigenvalue weighted by Gasteiger charge is 2.23. The van der Waals surface area contributed by atoms with Gasteiger partial charge in [-0.05, 0) is 6.92 Å². The first-order valence-corrected chi connectivity index (χ1v) is 5.39. The molecule has 3 heterocycles. The number of aromatic nitrogens is 4. The number of rotatable bonds is 2. The Balaban J connectivity index is 2.14. The van der Waals surface area contributed by atoms with Crippen LogP contribution in [-0.4, -0.2) is 19.7 Å². The third kappa shape index (κ3) is 1.26. The van der Waals surface area contributed by atoms with Crippen LogP contribution in [0, 0.1) is 6.92 Å². The molecule has 1 N–H and O–H groups in total. The zero-order valence-electron chi connectivity index (χ0n) is 9.32. The summed E-state index contributed by atoms with van der Waals surface area (Å²) in [5.74, 6) is 1.86. The Kier molecular flexibility index (Phi) is 2.03. The van der Waals surface area contributed by atoms with Gasteiger partial charge in [-0.3, -0.25) is 0 Å². The second-order valence-corrected chi connectivity index (χ2v) is 3.80. The van der Waals surface area contributed by atoms with Gasteiger partial charge in [0.15, 0.2) is 5.82 Å². The normalized spacial score (nSPS) is 14.4. The molecule has 0 fully saturated rings. The van der Waals surface area contributed by atoms with Crippen molar-refractivity contribution >= 4 is 0 Å². The molecule has 6 heteroatoms. The second-order valence-electron chi connectivity index (χ2n) is 3.80. The summed E-state index contributed by atoms with van der Waals surface area (Å²) >= 11 is 0. The van der Waals surface area contributed by atoms with E-state index in [-0.39, 0.29) is 0 Å². The molecule has 2 aromatic heterocycles. The van der Waals surface area contributed by atoms with Crippen molar-refractivity contribution in [1.82, 2.24) is 25.1 Å². The summed E-state index contributed by atoms with van der Waals surface area (Å²) in [5.41, 5.74) is 2.32. The van der Waals surface area contributed by atoms with Crippen LogP contribution in [0.25, 0.3) is 11.7 Å². The molecule has 0 radical (unpaired) electrons. The van der Waals surface area contributed by atoms with Gasteiger partial charge in [-0.25, -0.2) is 4.98 Å². The Bertz CT molecular complexity index is 527. The Labute approximate surface area is 92.7 Å². The molecule has 0 bridgehead atoms. The highest BCUT2D eigenvalue weighted by Crippen LogP contribution is 2.24. The largest absolute Gasteiger partial charge is 0.419 e. The fourth-order valence-corrected chi connectivity index (χ4v) is 2.07. The van der Waals surface area contributed by atoms with Gasteiger partial charge in [0.05, 0.1) is 11.4 Å². The van der Waals surface area contributed by atoms with Gasteiger partial charge in [0.25, 0.3) is 5.89 Å². The molecular formula is C10H13N5O. The van der Waals surface area contributed by atoms with E-state index in [1.807, 2.05) is 0 Å². The van der Waals surface area contributed by atoms with E-state index in [4.69, 9.17) is 4.42 Å². The first-order chi connectivity index (χ1) is 7.79. The number of imidazole rings is 1. The molecule has 2 aromatic rings. The highest BCUT2D eigenvalue weighted by molar-refractivity contribution is 5.45. The Morgan fingerprint density at radius 3 is 2.94 bits per heavy atom. The van der Waals surface area contributed by atoms with E-state index in [1.54, 1.807) is 6.92 Å². The van der Waals surface area contributed by atoms with Crippen molar-refractivity contribution in [3.63, 3.8) is 0 Å². The van der Waals surface area contributed by atoms with Crippen LogP contribution in [0.15, 0.2) is 4.42 Å². The van der Waals surface area contributed by atoms with E-state index in [0.717, 1.165) is 31.2 Å². The third-order valence-corrected chi connectivity index (χ3v) is 2.77. The van der Waals surface area contributed by atoms with E-state index in [9.17, 15) is 0 Å². The van der Waals surface area contributed by atoms with Crippen molar-refractivity contribution in [2.24, 2.45) is 0 Å². The molecule has 3 rings (SSSR count). The van der Waals surface area contributed by atoms with Crippen LogP contribution in [0.3, 0.4) is 0 Å². The van der Waals surface area contributed by atoms with E-state index in [0.29, 0.717) is 11.8 Å². The molecule has 0 atom stereocenters. The lowest BCUT2D eigenvalue weighted by Crippen LogP contribution is -2.08. The number of hydrogen-bond donors (Lipinski definition) is 1. The predicted octanol–water partition coefficient (Wildman–Crippen LogP) is 0.865. The number of hydrogen-bond acceptors (Lipinski definition) is 5. The van der Waals surface area contributed by atoms with E-state index < -0.39 is 0 Å². The Hall–Kier alpha value is -1.69. The monoisotopic (exact) mass is 219 g/mol. The fourth-order valence-electron chi connectivity index (χ4n) is 2.07. The minimum Gasteiger partial charge on any atom is -0.419 e. The smallest absolute Gasteiger partial charge is 0.283 e. The van der Waals surface area contributed by atoms with Gasteiger partial charge < -0.3 is 14.3 Å². The van der Waals surface area contributed by atoms with Gasteiger partial charge in [0.1, 0.15) is 0 Å². The van der Waals surface area contributed by atoms with Crippen LogP contribution in [0.5, 0.6) is 0 Å². The van der Waals surface area contributed by atoms with Gasteiger partial charge in [0.2, 0.25) is 5.89 Å². The van der Waals surface area contributed by atoms with E-state index in [2.05, 4.69) is 32.0 Å². The lowest BCUT2D eigenvalue weighted by Gasteiger charge is -2.04. The molecule has 0 aromatic carbocycles. The van der Waals surface area contributed by atoms with Crippen LogP contribution in [-0.2, 0) is 19.6 Å². The van der Waals surface area contributed by atoms with E-state index >= 15 is 0 Å². The summed E-state index contributed by atoms with van der Waals surface area (Å²) in [6.07, 6.45) is 0. The standard InChI is InChI=1S/C10H13N5O/c1-3-15-8-5-11-4-7(8)12-9(15)10-14-13-6(2)16-10/h11H,3-5H2,1-2H3. The summed E-state index contributed by atoms with van der Waals surface area (Å²) in [7, 11) is 0. The van der Waals surface area contributed by atoms with Crippen LogP contribution in [0.4, 0.5) is 0 Å². The number of fused-ring (bicyclic) bond motifs is 1. The first kappa shape index (κ1) is 9.53. The van der Waals surface area contributed by atoms with Crippen LogP contribution >= 0.6 is 0 Å². The minimum absolute atomic E-state index is 0.508. The average Bonchev–Trinajstić information content (AvgIpc) is 2.90. The molecule has 0 unspecified atom stereocenters. The number of nitrogens with zero attached hydrogens (tertiary/aromatic N) is 4. The maximum Gasteiger partial charge on any atom is 0.283 e. The molecular weight excluding hydrogens is 206 g/mol. The maximum absolute atomic E-state index is 5.42. The summed E-state index contributed by atoms with van der Waals surface area (Å²) < 4.78 is 7.55. The predicted molar refractivity (Wildman–Crippen MR) is 56.5 cm³/mol. The SMILES string of the molecule is CCn1c(-c2nnc(C)o2)nc2c1CNC2. The fraction of sp³-hybridized carbons (Fsp3) is 0.500. The Morgan fingerprint density at radius 2 is 2.25 bits per heavy atom. The molecule has 1 aliphatic heterocycles. The van der Waals surface area contributed by atoms with Crippen molar-refractivity contribution in [1.29, 1.82) is 0 Å². The van der Waals surface area contributed by atoms with Gasteiger partial charge in [-0.2, -0.15) is 0 Å². The molecule has 0 saturated heterocycles. The molecule has 16 heavy (non-hydrogen) atoms. The maximum atomic E-state index is 5.42. The molecule has 0 amide bonds. The first-order valence-electron chi connectivity index (χ1n) is 5.39. The lowest BCUT2D eigenvalue weighted by atomic mass is 10.4. The molecule has 0 spiro atoms. The lowest BCUT2D eigenvalue weighted by molar-refractivity contribution is 0.522. The van der Waals surface area contributed by atoms with Crippen molar-refractivity contribution in [2.45, 2.75) is 33.5 Å². The summed E-state index contributed by atoms with van der Waals surface area (Å²) in [4.78, 5) is 4.55. The van der Waals surface area contributed by atoms with Crippen molar-refractivity contribution in [2.75, 3.05) is 0 Å². The molecule has 0 aliphatic carbocycles. The zero-order valence-corrected chi connectivity index (χ0v) is 9.32. The van der Waals surface area contributed by atoms with Gasteiger partial charge in [0, 0.05) is 26.6 Å². The zero-order chi connectivity index (χ0) is 11.1. The Morgan fingerprint density at radius 1 is 1.38 bits per heavy atom. The summed E-state index contributed by atoms with van der Waals surface area (Å²) in [5, 5.41) is 11.1. The highest BCUT2D eigenvalue weighted by atomic mass is 16.4. The van der Waals surface area contributed by atoms with Crippen LogP contribution in [0.1, 0.15) is 24.2 Å². The van der Waals surface area contributed by atoms with Crippen LogP contribution < -0.4 is 5.32 Å². The summed E-state index contributed by atoms with van der Waals surface area (Å²) in [6.45, 7) is 6.42.